The molecule has 0 bridgehead atoms. The first-order valence-corrected chi connectivity index (χ1v) is 6.99. The van der Waals surface area contributed by atoms with Gasteiger partial charge in [-0.25, -0.2) is 0 Å². The van der Waals surface area contributed by atoms with Crippen molar-refractivity contribution in [2.24, 2.45) is 5.92 Å². The quantitative estimate of drug-likeness (QED) is 0.884. The standard InChI is InChI=1S/C15H25N3/c1-12-8-14(10-17-9-12)11-18-6-4-15(5-7-18)13(2)16-3/h8-10,13,15-16H,4-7,11H2,1-3H3. The summed E-state index contributed by atoms with van der Waals surface area (Å²) in [7, 11) is 2.06. The zero-order chi connectivity index (χ0) is 13.0. The number of nitrogens with zero attached hydrogens (tertiary/aromatic N) is 2. The lowest BCUT2D eigenvalue weighted by Gasteiger charge is -2.34. The van der Waals surface area contributed by atoms with Gasteiger partial charge in [-0.1, -0.05) is 6.07 Å². The van der Waals surface area contributed by atoms with Gasteiger partial charge in [0, 0.05) is 25.0 Å². The van der Waals surface area contributed by atoms with Crippen molar-refractivity contribution in [2.75, 3.05) is 20.1 Å². The van der Waals surface area contributed by atoms with Crippen LogP contribution in [0.4, 0.5) is 0 Å². The summed E-state index contributed by atoms with van der Waals surface area (Å²) in [5.41, 5.74) is 2.60. The first kappa shape index (κ1) is 13.5. The molecule has 1 atom stereocenters. The van der Waals surface area contributed by atoms with Crippen LogP contribution >= 0.6 is 0 Å². The molecule has 1 saturated heterocycles. The predicted octanol–water partition coefficient (Wildman–Crippen LogP) is 2.21. The number of hydrogen-bond acceptors (Lipinski definition) is 3. The average molecular weight is 247 g/mol. The minimum absolute atomic E-state index is 0.646. The van der Waals surface area contributed by atoms with Crippen molar-refractivity contribution >= 4 is 0 Å². The molecular formula is C15H25N3. The molecule has 3 nitrogen and oxygen atoms in total. The molecule has 0 aliphatic carbocycles. The number of piperidine rings is 1. The molecule has 1 aliphatic rings. The van der Waals surface area contributed by atoms with Gasteiger partial charge < -0.3 is 5.32 Å². The number of hydrogen-bond donors (Lipinski definition) is 1. The van der Waals surface area contributed by atoms with Crippen LogP contribution in [0.15, 0.2) is 18.5 Å². The van der Waals surface area contributed by atoms with E-state index >= 15 is 0 Å². The van der Waals surface area contributed by atoms with Crippen molar-refractivity contribution in [3.63, 3.8) is 0 Å². The fraction of sp³-hybridized carbons (Fsp3) is 0.667. The third-order valence-corrected chi connectivity index (χ3v) is 4.13. The fourth-order valence-corrected chi connectivity index (χ4v) is 2.81. The normalized spacial score (nSPS) is 19.9. The van der Waals surface area contributed by atoms with Gasteiger partial charge in [-0.3, -0.25) is 9.88 Å². The Bertz CT molecular complexity index is 370. The van der Waals surface area contributed by atoms with Crippen LogP contribution in [0, 0.1) is 12.8 Å². The number of rotatable bonds is 4. The molecule has 1 fully saturated rings. The van der Waals surface area contributed by atoms with Gasteiger partial charge in [-0.2, -0.15) is 0 Å². The van der Waals surface area contributed by atoms with Gasteiger partial charge in [-0.05, 0) is 63.9 Å². The van der Waals surface area contributed by atoms with E-state index in [1.807, 2.05) is 12.4 Å². The Kier molecular flexibility index (Phi) is 4.72. The topological polar surface area (TPSA) is 28.2 Å². The maximum absolute atomic E-state index is 4.27. The first-order valence-electron chi connectivity index (χ1n) is 6.99. The molecule has 1 N–H and O–H groups in total. The summed E-state index contributed by atoms with van der Waals surface area (Å²) >= 11 is 0. The zero-order valence-electron chi connectivity index (χ0n) is 11.8. The lowest BCUT2D eigenvalue weighted by molar-refractivity contribution is 0.158. The highest BCUT2D eigenvalue weighted by atomic mass is 15.1. The van der Waals surface area contributed by atoms with Gasteiger partial charge in [-0.15, -0.1) is 0 Å². The maximum atomic E-state index is 4.27. The minimum Gasteiger partial charge on any atom is -0.317 e. The van der Waals surface area contributed by atoms with Crippen LogP contribution in [0.3, 0.4) is 0 Å². The summed E-state index contributed by atoms with van der Waals surface area (Å²) in [4.78, 5) is 6.82. The van der Waals surface area contributed by atoms with Gasteiger partial charge in [0.1, 0.15) is 0 Å². The van der Waals surface area contributed by atoms with Crippen molar-refractivity contribution in [1.82, 2.24) is 15.2 Å². The molecule has 1 aromatic heterocycles. The van der Waals surface area contributed by atoms with Crippen molar-refractivity contribution in [1.29, 1.82) is 0 Å². The highest BCUT2D eigenvalue weighted by molar-refractivity contribution is 5.16. The van der Waals surface area contributed by atoms with Crippen molar-refractivity contribution in [3.05, 3.63) is 29.6 Å². The summed E-state index contributed by atoms with van der Waals surface area (Å²) in [5.74, 6) is 0.835. The number of aryl methyl sites for hydroxylation is 1. The molecule has 0 aromatic carbocycles. The average Bonchev–Trinajstić information content (AvgIpc) is 2.39. The Morgan fingerprint density at radius 3 is 2.72 bits per heavy atom. The molecule has 0 amide bonds. The number of aromatic nitrogens is 1. The first-order chi connectivity index (χ1) is 8.69. The lowest BCUT2D eigenvalue weighted by atomic mass is 9.90. The van der Waals surface area contributed by atoms with Gasteiger partial charge >= 0.3 is 0 Å². The highest BCUT2D eigenvalue weighted by Gasteiger charge is 2.22. The summed E-state index contributed by atoms with van der Waals surface area (Å²) in [6, 6.07) is 2.89. The van der Waals surface area contributed by atoms with E-state index in [0.717, 1.165) is 12.5 Å². The van der Waals surface area contributed by atoms with E-state index in [2.05, 4.69) is 42.2 Å². The van der Waals surface area contributed by atoms with E-state index in [1.54, 1.807) is 0 Å². The third-order valence-electron chi connectivity index (χ3n) is 4.13. The Balaban J connectivity index is 1.83. The van der Waals surface area contributed by atoms with E-state index in [1.165, 1.54) is 37.1 Å². The van der Waals surface area contributed by atoms with Gasteiger partial charge in [0.25, 0.3) is 0 Å². The molecule has 0 saturated carbocycles. The Labute approximate surface area is 111 Å². The van der Waals surface area contributed by atoms with E-state index in [4.69, 9.17) is 0 Å². The van der Waals surface area contributed by atoms with Crippen LogP contribution in [-0.4, -0.2) is 36.1 Å². The Morgan fingerprint density at radius 2 is 2.11 bits per heavy atom. The van der Waals surface area contributed by atoms with Gasteiger partial charge in [0.05, 0.1) is 0 Å². The SMILES string of the molecule is CNC(C)C1CCN(Cc2cncc(C)c2)CC1. The van der Waals surface area contributed by atoms with Crippen LogP contribution in [0.25, 0.3) is 0 Å². The van der Waals surface area contributed by atoms with Crippen molar-refractivity contribution < 1.29 is 0 Å². The Hall–Kier alpha value is -0.930. The van der Waals surface area contributed by atoms with Crippen LogP contribution in [-0.2, 0) is 6.54 Å². The van der Waals surface area contributed by atoms with E-state index in [9.17, 15) is 0 Å². The number of pyridine rings is 1. The molecule has 3 heteroatoms. The molecular weight excluding hydrogens is 222 g/mol. The summed E-state index contributed by atoms with van der Waals surface area (Å²) < 4.78 is 0. The van der Waals surface area contributed by atoms with Gasteiger partial charge in [0.2, 0.25) is 0 Å². The highest BCUT2D eigenvalue weighted by Crippen LogP contribution is 2.21. The Morgan fingerprint density at radius 1 is 1.39 bits per heavy atom. The minimum atomic E-state index is 0.646. The van der Waals surface area contributed by atoms with Crippen LogP contribution < -0.4 is 5.32 Å². The molecule has 1 unspecified atom stereocenters. The molecule has 18 heavy (non-hydrogen) atoms. The second-order valence-corrected chi connectivity index (χ2v) is 5.56. The molecule has 0 radical (unpaired) electrons. The van der Waals surface area contributed by atoms with E-state index in [-0.39, 0.29) is 0 Å². The van der Waals surface area contributed by atoms with Gasteiger partial charge in [0.15, 0.2) is 0 Å². The molecule has 0 spiro atoms. The molecule has 100 valence electrons. The predicted molar refractivity (Wildman–Crippen MR) is 75.5 cm³/mol. The maximum Gasteiger partial charge on any atom is 0.0313 e. The number of likely N-dealkylation sites (tertiary alicyclic amines) is 1. The molecule has 1 aliphatic heterocycles. The molecule has 1 aromatic rings. The fourth-order valence-electron chi connectivity index (χ4n) is 2.81. The van der Waals surface area contributed by atoms with Crippen LogP contribution in [0.5, 0.6) is 0 Å². The zero-order valence-corrected chi connectivity index (χ0v) is 11.8. The second kappa shape index (κ2) is 6.30. The third kappa shape index (κ3) is 3.53. The van der Waals surface area contributed by atoms with Crippen molar-refractivity contribution in [3.8, 4) is 0 Å². The van der Waals surface area contributed by atoms with Crippen LogP contribution in [0.1, 0.15) is 30.9 Å². The summed E-state index contributed by atoms with van der Waals surface area (Å²) in [5, 5.41) is 3.38. The van der Waals surface area contributed by atoms with Crippen LogP contribution in [0.2, 0.25) is 0 Å². The monoisotopic (exact) mass is 247 g/mol. The molecule has 2 heterocycles. The molecule has 2 rings (SSSR count). The summed E-state index contributed by atoms with van der Waals surface area (Å²) in [6.45, 7) is 7.88. The lowest BCUT2D eigenvalue weighted by Crippen LogP contribution is -2.40. The largest absolute Gasteiger partial charge is 0.317 e. The van der Waals surface area contributed by atoms with E-state index in [0.29, 0.717) is 6.04 Å². The smallest absolute Gasteiger partial charge is 0.0313 e. The number of nitrogens with one attached hydrogen (secondary N) is 1. The second-order valence-electron chi connectivity index (χ2n) is 5.56. The summed E-state index contributed by atoms with van der Waals surface area (Å²) in [6.07, 6.45) is 6.53. The van der Waals surface area contributed by atoms with E-state index < -0.39 is 0 Å². The van der Waals surface area contributed by atoms with Crippen molar-refractivity contribution in [2.45, 2.75) is 39.3 Å².